The molecular formula is C22H24F3N3O2. The quantitative estimate of drug-likeness (QED) is 0.770. The number of hydrogen-bond donors (Lipinski definition) is 1. The minimum Gasteiger partial charge on any atom is -0.332 e. The normalized spacial score (nSPS) is 16.9. The number of nitrogens with one attached hydrogen (secondary N) is 1. The molecule has 0 unspecified atom stereocenters. The highest BCUT2D eigenvalue weighted by Gasteiger charge is 2.38. The van der Waals surface area contributed by atoms with E-state index in [4.69, 9.17) is 0 Å². The van der Waals surface area contributed by atoms with Crippen molar-refractivity contribution in [3.05, 3.63) is 62.8 Å². The fourth-order valence-corrected chi connectivity index (χ4v) is 3.84. The summed E-state index contributed by atoms with van der Waals surface area (Å²) in [6, 6.07) is 5.18. The molecule has 1 amide bonds. The van der Waals surface area contributed by atoms with Crippen LogP contribution in [0.3, 0.4) is 0 Å². The Hall–Kier alpha value is -2.64. The number of aromatic amines is 1. The van der Waals surface area contributed by atoms with Crippen molar-refractivity contribution in [3.8, 4) is 0 Å². The van der Waals surface area contributed by atoms with E-state index in [9.17, 15) is 22.8 Å². The average molecular weight is 419 g/mol. The van der Waals surface area contributed by atoms with Crippen LogP contribution in [0.15, 0.2) is 29.1 Å². The van der Waals surface area contributed by atoms with Gasteiger partial charge in [-0.1, -0.05) is 24.6 Å². The van der Waals surface area contributed by atoms with E-state index in [2.05, 4.69) is 9.97 Å². The molecule has 0 spiro atoms. The number of rotatable bonds is 6. The van der Waals surface area contributed by atoms with Crippen LogP contribution in [0.4, 0.5) is 13.2 Å². The molecule has 0 atom stereocenters. The van der Waals surface area contributed by atoms with Crippen LogP contribution in [-0.2, 0) is 23.9 Å². The van der Waals surface area contributed by atoms with Gasteiger partial charge >= 0.3 is 6.18 Å². The lowest BCUT2D eigenvalue weighted by molar-refractivity contribution is -0.139. The maximum atomic E-state index is 12.9. The fraction of sp³-hybridized carbons (Fsp3) is 0.500. The van der Waals surface area contributed by atoms with Crippen molar-refractivity contribution in [2.24, 2.45) is 5.92 Å². The molecule has 5 nitrogen and oxygen atoms in total. The van der Waals surface area contributed by atoms with Gasteiger partial charge in [0.25, 0.3) is 5.56 Å². The van der Waals surface area contributed by atoms with Crippen LogP contribution < -0.4 is 5.56 Å². The molecule has 2 fully saturated rings. The lowest BCUT2D eigenvalue weighted by Crippen LogP contribution is -2.40. The number of amides is 1. The Morgan fingerprint density at radius 3 is 2.53 bits per heavy atom. The SMILES string of the molecule is Cc1nc(CN(C(=O)C2CCC2)C2CC2)[nH]c(=O)c1Cc1cccc(C(F)(F)F)c1. The Morgan fingerprint density at radius 1 is 1.23 bits per heavy atom. The summed E-state index contributed by atoms with van der Waals surface area (Å²) in [4.78, 5) is 34.4. The molecule has 0 radical (unpaired) electrons. The average Bonchev–Trinajstić information content (AvgIpc) is 3.46. The minimum absolute atomic E-state index is 0.0612. The third-order valence-electron chi connectivity index (χ3n) is 5.95. The second kappa shape index (κ2) is 7.89. The van der Waals surface area contributed by atoms with Gasteiger partial charge in [-0.05, 0) is 44.2 Å². The second-order valence-corrected chi connectivity index (χ2v) is 8.28. The van der Waals surface area contributed by atoms with E-state index in [1.807, 2.05) is 4.90 Å². The van der Waals surface area contributed by atoms with Gasteiger partial charge in [-0.25, -0.2) is 4.98 Å². The number of carbonyl (C=O) groups excluding carboxylic acids is 1. The summed E-state index contributed by atoms with van der Waals surface area (Å²) in [5.41, 5.74) is 0.0853. The number of benzene rings is 1. The highest BCUT2D eigenvalue weighted by molar-refractivity contribution is 5.80. The maximum absolute atomic E-state index is 12.9. The first kappa shape index (κ1) is 20.6. The van der Waals surface area contributed by atoms with Crippen molar-refractivity contribution < 1.29 is 18.0 Å². The fourth-order valence-electron chi connectivity index (χ4n) is 3.84. The van der Waals surface area contributed by atoms with E-state index >= 15 is 0 Å². The monoisotopic (exact) mass is 419 g/mol. The van der Waals surface area contributed by atoms with Crippen molar-refractivity contribution in [3.63, 3.8) is 0 Å². The van der Waals surface area contributed by atoms with Gasteiger partial charge in [-0.15, -0.1) is 0 Å². The van der Waals surface area contributed by atoms with E-state index in [0.29, 0.717) is 22.6 Å². The summed E-state index contributed by atoms with van der Waals surface area (Å²) in [6.45, 7) is 1.94. The van der Waals surface area contributed by atoms with Crippen molar-refractivity contribution in [2.45, 2.75) is 64.2 Å². The lowest BCUT2D eigenvalue weighted by Gasteiger charge is -2.31. The second-order valence-electron chi connectivity index (χ2n) is 8.28. The minimum atomic E-state index is -4.43. The molecule has 2 aliphatic rings. The third kappa shape index (κ3) is 4.42. The van der Waals surface area contributed by atoms with Crippen LogP contribution in [0, 0.1) is 12.8 Å². The summed E-state index contributed by atoms with van der Waals surface area (Å²) in [5.74, 6) is 0.639. The highest BCUT2D eigenvalue weighted by atomic mass is 19.4. The van der Waals surface area contributed by atoms with Gasteiger partial charge in [0, 0.05) is 29.6 Å². The summed E-state index contributed by atoms with van der Waals surface area (Å²) in [5, 5.41) is 0. The van der Waals surface area contributed by atoms with Crippen LogP contribution in [0.2, 0.25) is 0 Å². The first-order valence-corrected chi connectivity index (χ1v) is 10.3. The van der Waals surface area contributed by atoms with Crippen LogP contribution in [-0.4, -0.2) is 26.8 Å². The maximum Gasteiger partial charge on any atom is 0.416 e. The molecule has 2 aliphatic carbocycles. The zero-order valence-corrected chi connectivity index (χ0v) is 16.8. The molecule has 1 aromatic carbocycles. The van der Waals surface area contributed by atoms with Crippen molar-refractivity contribution in [1.82, 2.24) is 14.9 Å². The lowest BCUT2D eigenvalue weighted by atomic mass is 9.84. The summed E-state index contributed by atoms with van der Waals surface area (Å²) >= 11 is 0. The van der Waals surface area contributed by atoms with Gasteiger partial charge in [0.1, 0.15) is 5.82 Å². The number of aryl methyl sites for hydroxylation is 1. The van der Waals surface area contributed by atoms with Crippen molar-refractivity contribution >= 4 is 5.91 Å². The predicted molar refractivity (Wildman–Crippen MR) is 105 cm³/mol. The van der Waals surface area contributed by atoms with E-state index in [1.54, 1.807) is 13.0 Å². The first-order chi connectivity index (χ1) is 14.2. The van der Waals surface area contributed by atoms with Gasteiger partial charge in [-0.2, -0.15) is 13.2 Å². The smallest absolute Gasteiger partial charge is 0.332 e. The number of H-pyrrole nitrogens is 1. The van der Waals surface area contributed by atoms with E-state index in [1.165, 1.54) is 6.07 Å². The van der Waals surface area contributed by atoms with Crippen LogP contribution >= 0.6 is 0 Å². The zero-order chi connectivity index (χ0) is 21.5. The van der Waals surface area contributed by atoms with E-state index in [-0.39, 0.29) is 36.4 Å². The number of alkyl halides is 3. The number of hydrogen-bond acceptors (Lipinski definition) is 3. The molecule has 160 valence electrons. The molecule has 30 heavy (non-hydrogen) atoms. The molecule has 1 heterocycles. The van der Waals surface area contributed by atoms with Gasteiger partial charge in [0.15, 0.2) is 0 Å². The number of nitrogens with zero attached hydrogens (tertiary/aromatic N) is 2. The number of aromatic nitrogens is 2. The molecule has 0 aliphatic heterocycles. The van der Waals surface area contributed by atoms with Gasteiger partial charge in [0.05, 0.1) is 12.1 Å². The Bertz CT molecular complexity index is 1010. The van der Waals surface area contributed by atoms with Gasteiger partial charge in [0.2, 0.25) is 5.91 Å². The van der Waals surface area contributed by atoms with Crippen molar-refractivity contribution in [2.75, 3.05) is 0 Å². The zero-order valence-electron chi connectivity index (χ0n) is 16.8. The molecule has 1 N–H and O–H groups in total. The molecule has 2 aromatic rings. The Kier molecular flexibility index (Phi) is 5.42. The van der Waals surface area contributed by atoms with Crippen LogP contribution in [0.1, 0.15) is 60.3 Å². The molecule has 0 saturated heterocycles. The molecule has 4 rings (SSSR count). The Morgan fingerprint density at radius 2 is 1.97 bits per heavy atom. The third-order valence-corrected chi connectivity index (χ3v) is 5.95. The van der Waals surface area contributed by atoms with Crippen molar-refractivity contribution in [1.29, 1.82) is 0 Å². The number of carbonyl (C=O) groups is 1. The topological polar surface area (TPSA) is 66.1 Å². The summed E-state index contributed by atoms with van der Waals surface area (Å²) in [7, 11) is 0. The van der Waals surface area contributed by atoms with E-state index in [0.717, 1.165) is 44.2 Å². The largest absolute Gasteiger partial charge is 0.416 e. The van der Waals surface area contributed by atoms with Gasteiger partial charge < -0.3 is 9.88 Å². The molecule has 8 heteroatoms. The van der Waals surface area contributed by atoms with Crippen LogP contribution in [0.25, 0.3) is 0 Å². The first-order valence-electron chi connectivity index (χ1n) is 10.3. The molecule has 0 bridgehead atoms. The summed E-state index contributed by atoms with van der Waals surface area (Å²) < 4.78 is 38.8. The standard InChI is InChI=1S/C22H24F3N3O2/c1-13-18(11-14-4-2-7-16(10-14)22(23,24)25)20(29)27-19(26-13)12-28(17-8-9-17)21(30)15-5-3-6-15/h2,4,7,10,15,17H,3,5-6,8-9,11-12H2,1H3,(H,26,27,29). The Labute approximate surface area is 172 Å². The molecular weight excluding hydrogens is 395 g/mol. The van der Waals surface area contributed by atoms with E-state index < -0.39 is 11.7 Å². The molecule has 2 saturated carbocycles. The highest BCUT2D eigenvalue weighted by Crippen LogP contribution is 2.34. The van der Waals surface area contributed by atoms with Gasteiger partial charge in [-0.3, -0.25) is 9.59 Å². The predicted octanol–water partition coefficient (Wildman–Crippen LogP) is 3.98. The number of halogens is 3. The molecule has 1 aromatic heterocycles. The Balaban J connectivity index is 1.53. The van der Waals surface area contributed by atoms with Crippen LogP contribution in [0.5, 0.6) is 0 Å². The summed E-state index contributed by atoms with van der Waals surface area (Å²) in [6.07, 6.45) is 0.477.